The molecular weight excluding hydrogens is 259 g/mol. The fraction of sp³-hybridized carbons (Fsp3) is 0.357. The minimum Gasteiger partial charge on any atom is -0.326 e. The predicted octanol–water partition coefficient (Wildman–Crippen LogP) is 2.62. The summed E-state index contributed by atoms with van der Waals surface area (Å²) in [6.07, 6.45) is 0.279. The minimum atomic E-state index is -0.329. The highest BCUT2D eigenvalue weighted by Gasteiger charge is 2.14. The fourth-order valence-electron chi connectivity index (χ4n) is 2.05. The number of benzene rings is 1. The van der Waals surface area contributed by atoms with Crippen molar-refractivity contribution in [1.82, 2.24) is 14.8 Å². The van der Waals surface area contributed by atoms with Crippen molar-refractivity contribution in [3.05, 3.63) is 41.7 Å². The molecule has 6 heteroatoms. The third kappa shape index (κ3) is 3.40. The van der Waals surface area contributed by atoms with Gasteiger partial charge in [0.1, 0.15) is 17.5 Å². The van der Waals surface area contributed by atoms with Crippen LogP contribution in [0.5, 0.6) is 0 Å². The zero-order valence-electron chi connectivity index (χ0n) is 11.7. The van der Waals surface area contributed by atoms with E-state index in [-0.39, 0.29) is 24.2 Å². The van der Waals surface area contributed by atoms with Gasteiger partial charge in [-0.25, -0.2) is 14.1 Å². The lowest BCUT2D eigenvalue weighted by atomic mass is 10.2. The first kappa shape index (κ1) is 14.2. The summed E-state index contributed by atoms with van der Waals surface area (Å²) >= 11 is 0. The molecule has 1 atom stereocenters. The number of hydrogen-bond acceptors (Lipinski definition) is 3. The highest BCUT2D eigenvalue weighted by molar-refractivity contribution is 5.90. The number of anilines is 1. The Morgan fingerprint density at radius 2 is 2.00 bits per heavy atom. The molecule has 0 fully saturated rings. The maximum atomic E-state index is 12.8. The molecule has 0 bridgehead atoms. The second kappa shape index (κ2) is 5.81. The number of nitrogens with zero attached hydrogens (tertiary/aromatic N) is 3. The van der Waals surface area contributed by atoms with E-state index in [4.69, 9.17) is 0 Å². The lowest BCUT2D eigenvalue weighted by Gasteiger charge is -2.13. The molecule has 0 saturated heterocycles. The number of nitrogens with one attached hydrogen (secondary N) is 1. The molecule has 0 radical (unpaired) electrons. The Kier molecular flexibility index (Phi) is 4.12. The van der Waals surface area contributed by atoms with Crippen molar-refractivity contribution in [2.24, 2.45) is 0 Å². The van der Waals surface area contributed by atoms with Crippen molar-refractivity contribution in [2.45, 2.75) is 33.2 Å². The van der Waals surface area contributed by atoms with Gasteiger partial charge < -0.3 is 5.32 Å². The van der Waals surface area contributed by atoms with E-state index in [1.54, 1.807) is 4.68 Å². The second-order valence-electron chi connectivity index (χ2n) is 4.76. The van der Waals surface area contributed by atoms with E-state index in [2.05, 4.69) is 15.4 Å². The van der Waals surface area contributed by atoms with Crippen molar-refractivity contribution < 1.29 is 9.18 Å². The third-order valence-electron chi connectivity index (χ3n) is 2.93. The zero-order valence-corrected chi connectivity index (χ0v) is 11.7. The van der Waals surface area contributed by atoms with Crippen molar-refractivity contribution in [3.63, 3.8) is 0 Å². The molecule has 106 valence electrons. The first-order valence-corrected chi connectivity index (χ1v) is 6.41. The monoisotopic (exact) mass is 276 g/mol. The molecule has 2 rings (SSSR count). The maximum Gasteiger partial charge on any atom is 0.226 e. The molecule has 0 saturated carbocycles. The first-order valence-electron chi connectivity index (χ1n) is 6.41. The molecule has 1 heterocycles. The van der Waals surface area contributed by atoms with Crippen molar-refractivity contribution in [2.75, 3.05) is 5.32 Å². The number of hydrogen-bond donors (Lipinski definition) is 1. The summed E-state index contributed by atoms with van der Waals surface area (Å²) < 4.78 is 14.5. The Morgan fingerprint density at radius 1 is 1.35 bits per heavy atom. The molecule has 20 heavy (non-hydrogen) atoms. The molecule has 2 aromatic rings. The highest BCUT2D eigenvalue weighted by atomic mass is 19.1. The van der Waals surface area contributed by atoms with Crippen LogP contribution >= 0.6 is 0 Å². The number of carbonyl (C=O) groups excluding carboxylic acids is 1. The minimum absolute atomic E-state index is 0.0864. The summed E-state index contributed by atoms with van der Waals surface area (Å²) in [5, 5.41) is 6.99. The molecule has 1 N–H and O–H groups in total. The van der Waals surface area contributed by atoms with Gasteiger partial charge in [-0.15, -0.1) is 0 Å². The van der Waals surface area contributed by atoms with Crippen LogP contribution in [0.3, 0.4) is 0 Å². The Labute approximate surface area is 116 Å². The van der Waals surface area contributed by atoms with Crippen molar-refractivity contribution >= 4 is 11.6 Å². The smallest absolute Gasteiger partial charge is 0.226 e. The molecule has 5 nitrogen and oxygen atoms in total. The highest BCUT2D eigenvalue weighted by Crippen LogP contribution is 2.14. The molecular formula is C14H17FN4O. The molecule has 0 aliphatic carbocycles. The van der Waals surface area contributed by atoms with Crippen LogP contribution in [-0.2, 0) is 4.79 Å². The van der Waals surface area contributed by atoms with Gasteiger partial charge in [0.2, 0.25) is 5.91 Å². The SMILES string of the molecule is Cc1nc(C)n(C(C)CC(=O)Nc2ccc(F)cc2)n1. The topological polar surface area (TPSA) is 59.8 Å². The van der Waals surface area contributed by atoms with Crippen LogP contribution in [0.4, 0.5) is 10.1 Å². The van der Waals surface area contributed by atoms with E-state index in [0.29, 0.717) is 11.5 Å². The summed E-state index contributed by atoms with van der Waals surface area (Å²) in [5.74, 6) is 1.000. The summed E-state index contributed by atoms with van der Waals surface area (Å²) in [7, 11) is 0. The predicted molar refractivity (Wildman–Crippen MR) is 73.9 cm³/mol. The Hall–Kier alpha value is -2.24. The maximum absolute atomic E-state index is 12.8. The third-order valence-corrected chi connectivity index (χ3v) is 2.93. The average molecular weight is 276 g/mol. The number of carbonyl (C=O) groups is 1. The van der Waals surface area contributed by atoms with Crippen LogP contribution in [0.2, 0.25) is 0 Å². The van der Waals surface area contributed by atoms with Crippen LogP contribution in [-0.4, -0.2) is 20.7 Å². The van der Waals surface area contributed by atoms with Gasteiger partial charge >= 0.3 is 0 Å². The number of rotatable bonds is 4. The van der Waals surface area contributed by atoms with Crippen LogP contribution < -0.4 is 5.32 Å². The van der Waals surface area contributed by atoms with Crippen LogP contribution in [0.25, 0.3) is 0 Å². The van der Waals surface area contributed by atoms with Gasteiger partial charge in [-0.2, -0.15) is 5.10 Å². The molecule has 0 aliphatic heterocycles. The van der Waals surface area contributed by atoms with E-state index < -0.39 is 0 Å². The number of halogens is 1. The molecule has 0 aliphatic rings. The molecule has 1 aromatic carbocycles. The van der Waals surface area contributed by atoms with E-state index in [9.17, 15) is 9.18 Å². The Morgan fingerprint density at radius 3 is 2.55 bits per heavy atom. The lowest BCUT2D eigenvalue weighted by Crippen LogP contribution is -2.19. The van der Waals surface area contributed by atoms with Gasteiger partial charge in [0.05, 0.1) is 6.04 Å². The second-order valence-corrected chi connectivity index (χ2v) is 4.76. The number of amides is 1. The van der Waals surface area contributed by atoms with E-state index >= 15 is 0 Å². The summed E-state index contributed by atoms with van der Waals surface area (Å²) in [6.45, 7) is 5.58. The van der Waals surface area contributed by atoms with Gasteiger partial charge in [0.25, 0.3) is 0 Å². The van der Waals surface area contributed by atoms with Gasteiger partial charge in [0.15, 0.2) is 0 Å². The van der Waals surface area contributed by atoms with Gasteiger partial charge in [-0.3, -0.25) is 4.79 Å². The lowest BCUT2D eigenvalue weighted by molar-refractivity contribution is -0.116. The van der Waals surface area contributed by atoms with Crippen molar-refractivity contribution in [3.8, 4) is 0 Å². The normalized spacial score (nSPS) is 12.2. The first-order chi connectivity index (χ1) is 9.45. The Balaban J connectivity index is 1.97. The molecule has 0 spiro atoms. The summed E-state index contributed by atoms with van der Waals surface area (Å²) in [4.78, 5) is 16.1. The summed E-state index contributed by atoms with van der Waals surface area (Å²) in [5.41, 5.74) is 0.579. The zero-order chi connectivity index (χ0) is 14.7. The molecule has 1 aromatic heterocycles. The average Bonchev–Trinajstić information content (AvgIpc) is 2.71. The number of aromatic nitrogens is 3. The largest absolute Gasteiger partial charge is 0.326 e. The van der Waals surface area contributed by atoms with Gasteiger partial charge in [-0.05, 0) is 45.0 Å². The van der Waals surface area contributed by atoms with Gasteiger partial charge in [0, 0.05) is 12.1 Å². The fourth-order valence-corrected chi connectivity index (χ4v) is 2.05. The van der Waals surface area contributed by atoms with Crippen LogP contribution in [0, 0.1) is 19.7 Å². The Bertz CT molecular complexity index is 606. The number of aryl methyl sites for hydroxylation is 2. The van der Waals surface area contributed by atoms with E-state index in [1.165, 1.54) is 24.3 Å². The summed E-state index contributed by atoms with van der Waals surface area (Å²) in [6, 6.07) is 5.59. The quantitative estimate of drug-likeness (QED) is 0.933. The van der Waals surface area contributed by atoms with Gasteiger partial charge in [-0.1, -0.05) is 0 Å². The van der Waals surface area contributed by atoms with E-state index in [0.717, 1.165) is 5.82 Å². The van der Waals surface area contributed by atoms with Crippen LogP contribution in [0.15, 0.2) is 24.3 Å². The van der Waals surface area contributed by atoms with Crippen LogP contribution in [0.1, 0.15) is 31.0 Å². The molecule has 1 amide bonds. The van der Waals surface area contributed by atoms with E-state index in [1.807, 2.05) is 20.8 Å². The standard InChI is InChI=1S/C14H17FN4O/c1-9(19-11(3)16-10(2)18-19)8-14(20)17-13-6-4-12(15)5-7-13/h4-7,9H,8H2,1-3H3,(H,17,20). The van der Waals surface area contributed by atoms with Crippen molar-refractivity contribution in [1.29, 1.82) is 0 Å². The molecule has 1 unspecified atom stereocenters.